The van der Waals surface area contributed by atoms with E-state index in [2.05, 4.69) is 5.32 Å². The molecule has 0 unspecified atom stereocenters. The number of nitrogens with zero attached hydrogens (tertiary/aromatic N) is 1. The minimum atomic E-state index is -0.715. The molecule has 2 rings (SSSR count). The van der Waals surface area contributed by atoms with Crippen LogP contribution >= 0.6 is 0 Å². The highest BCUT2D eigenvalue weighted by Crippen LogP contribution is 2.08. The number of halogens is 1. The van der Waals surface area contributed by atoms with Gasteiger partial charge in [-0.2, -0.15) is 0 Å². The highest BCUT2D eigenvalue weighted by molar-refractivity contribution is 6.14. The van der Waals surface area contributed by atoms with E-state index in [0.29, 0.717) is 12.0 Å². The molecule has 1 aromatic carbocycles. The fourth-order valence-corrected chi connectivity index (χ4v) is 1.74. The van der Waals surface area contributed by atoms with Crippen LogP contribution in [0.1, 0.15) is 12.0 Å². The Morgan fingerprint density at radius 3 is 2.72 bits per heavy atom. The predicted molar refractivity (Wildman–Crippen MR) is 60.0 cm³/mol. The molecule has 4 amide bonds. The summed E-state index contributed by atoms with van der Waals surface area (Å²) in [5.41, 5.74) is 0.688. The molecule has 1 fully saturated rings. The van der Waals surface area contributed by atoms with Gasteiger partial charge in [0.2, 0.25) is 11.8 Å². The van der Waals surface area contributed by atoms with Crippen LogP contribution in [0.4, 0.5) is 9.18 Å². The van der Waals surface area contributed by atoms with Crippen LogP contribution in [-0.4, -0.2) is 29.3 Å². The molecule has 1 saturated heterocycles. The zero-order valence-electron chi connectivity index (χ0n) is 9.48. The second-order valence-electron chi connectivity index (χ2n) is 3.96. The van der Waals surface area contributed by atoms with Crippen molar-refractivity contribution in [1.82, 2.24) is 10.2 Å². The monoisotopic (exact) mass is 250 g/mol. The number of benzene rings is 1. The summed E-state index contributed by atoms with van der Waals surface area (Å²) in [4.78, 5) is 34.8. The van der Waals surface area contributed by atoms with Gasteiger partial charge >= 0.3 is 6.03 Å². The number of imide groups is 2. The average Bonchev–Trinajstić information content (AvgIpc) is 2.27. The second-order valence-corrected chi connectivity index (χ2v) is 3.96. The first kappa shape index (κ1) is 12.2. The van der Waals surface area contributed by atoms with Crippen molar-refractivity contribution in [3.8, 4) is 0 Å². The number of nitrogens with one attached hydrogen (secondary N) is 1. The Kier molecular flexibility index (Phi) is 3.36. The number of carbonyl (C=O) groups is 3. The molecule has 0 saturated carbocycles. The molecule has 1 aliphatic rings. The number of rotatable bonds is 3. The molecule has 0 bridgehead atoms. The highest BCUT2D eigenvalue weighted by atomic mass is 19.1. The van der Waals surface area contributed by atoms with E-state index in [1.54, 1.807) is 12.1 Å². The molecule has 0 aromatic heterocycles. The quantitative estimate of drug-likeness (QED) is 0.808. The van der Waals surface area contributed by atoms with Gasteiger partial charge in [0.05, 0.1) is 0 Å². The van der Waals surface area contributed by atoms with Gasteiger partial charge in [-0.3, -0.25) is 19.8 Å². The maximum absolute atomic E-state index is 12.9. The van der Waals surface area contributed by atoms with Crippen molar-refractivity contribution in [2.75, 3.05) is 6.54 Å². The van der Waals surface area contributed by atoms with Gasteiger partial charge in [0, 0.05) is 6.54 Å². The molecule has 94 valence electrons. The topological polar surface area (TPSA) is 66.5 Å². The number of hydrogen-bond donors (Lipinski definition) is 1. The zero-order chi connectivity index (χ0) is 13.1. The van der Waals surface area contributed by atoms with Crippen LogP contribution in [-0.2, 0) is 16.0 Å². The largest absolute Gasteiger partial charge is 0.330 e. The van der Waals surface area contributed by atoms with E-state index in [1.165, 1.54) is 12.1 Å². The third-order valence-corrected chi connectivity index (χ3v) is 2.62. The van der Waals surface area contributed by atoms with Gasteiger partial charge in [-0.05, 0) is 24.1 Å². The summed E-state index contributed by atoms with van der Waals surface area (Å²) in [7, 11) is 0. The number of barbiturate groups is 1. The van der Waals surface area contributed by atoms with E-state index in [-0.39, 0.29) is 18.8 Å². The normalized spacial score (nSPS) is 15.8. The molecule has 1 aromatic rings. The maximum Gasteiger partial charge on any atom is 0.330 e. The Morgan fingerprint density at radius 1 is 1.28 bits per heavy atom. The Morgan fingerprint density at radius 2 is 2.06 bits per heavy atom. The summed E-state index contributed by atoms with van der Waals surface area (Å²) in [6.07, 6.45) is 0.0278. The summed E-state index contributed by atoms with van der Waals surface area (Å²) >= 11 is 0. The smallest absolute Gasteiger partial charge is 0.277 e. The SMILES string of the molecule is O=C1CC(=O)N(CCc2cccc(F)c2)C(=O)N1. The van der Waals surface area contributed by atoms with Crippen molar-refractivity contribution in [2.24, 2.45) is 0 Å². The number of carbonyl (C=O) groups excluding carboxylic acids is 3. The fraction of sp³-hybridized carbons (Fsp3) is 0.250. The van der Waals surface area contributed by atoms with Crippen molar-refractivity contribution in [1.29, 1.82) is 0 Å². The minimum absolute atomic E-state index is 0.126. The number of hydrogen-bond acceptors (Lipinski definition) is 3. The molecule has 1 N–H and O–H groups in total. The standard InChI is InChI=1S/C12H11FN2O3/c13-9-3-1-2-8(6-9)4-5-15-11(17)7-10(16)14-12(15)18/h1-3,6H,4-5,7H2,(H,14,16,18). The molecule has 0 atom stereocenters. The van der Waals surface area contributed by atoms with Gasteiger partial charge in [0.15, 0.2) is 0 Å². The van der Waals surface area contributed by atoms with E-state index < -0.39 is 17.8 Å². The van der Waals surface area contributed by atoms with Crippen LogP contribution in [0.2, 0.25) is 0 Å². The predicted octanol–water partition coefficient (Wildman–Crippen LogP) is 0.837. The van der Waals surface area contributed by atoms with Gasteiger partial charge in [0.25, 0.3) is 0 Å². The zero-order valence-corrected chi connectivity index (χ0v) is 9.48. The third kappa shape index (κ3) is 2.71. The van der Waals surface area contributed by atoms with E-state index >= 15 is 0 Å². The average molecular weight is 250 g/mol. The lowest BCUT2D eigenvalue weighted by Gasteiger charge is -2.24. The summed E-state index contributed by atoms with van der Waals surface area (Å²) in [6, 6.07) is 5.22. The van der Waals surface area contributed by atoms with Gasteiger partial charge in [-0.25, -0.2) is 9.18 Å². The lowest BCUT2D eigenvalue weighted by molar-refractivity contribution is -0.136. The van der Waals surface area contributed by atoms with E-state index in [1.807, 2.05) is 0 Å². The van der Waals surface area contributed by atoms with Crippen LogP contribution in [0.3, 0.4) is 0 Å². The van der Waals surface area contributed by atoms with Gasteiger partial charge in [-0.1, -0.05) is 12.1 Å². The minimum Gasteiger partial charge on any atom is -0.277 e. The van der Waals surface area contributed by atoms with Crippen LogP contribution in [0, 0.1) is 5.82 Å². The molecule has 1 aliphatic heterocycles. The fourth-order valence-electron chi connectivity index (χ4n) is 1.74. The molecule has 0 spiro atoms. The van der Waals surface area contributed by atoms with Crippen LogP contribution < -0.4 is 5.32 Å². The van der Waals surface area contributed by atoms with Gasteiger partial charge in [-0.15, -0.1) is 0 Å². The van der Waals surface area contributed by atoms with Crippen molar-refractivity contribution >= 4 is 17.8 Å². The summed E-state index contributed by atoms with van der Waals surface area (Å²) in [5, 5.41) is 2.06. The van der Waals surface area contributed by atoms with E-state index in [9.17, 15) is 18.8 Å². The Bertz CT molecular complexity index is 496. The lowest BCUT2D eigenvalue weighted by atomic mass is 10.1. The lowest BCUT2D eigenvalue weighted by Crippen LogP contribution is -2.53. The Balaban J connectivity index is 1.99. The first-order valence-corrected chi connectivity index (χ1v) is 5.45. The molecule has 0 aliphatic carbocycles. The molecular formula is C12H11FN2O3. The first-order chi connectivity index (χ1) is 8.56. The number of urea groups is 1. The van der Waals surface area contributed by atoms with Crippen molar-refractivity contribution < 1.29 is 18.8 Å². The first-order valence-electron chi connectivity index (χ1n) is 5.45. The molecule has 5 nitrogen and oxygen atoms in total. The summed E-state index contributed by atoms with van der Waals surface area (Å²) < 4.78 is 12.9. The molecule has 0 radical (unpaired) electrons. The van der Waals surface area contributed by atoms with Gasteiger partial charge < -0.3 is 0 Å². The van der Waals surface area contributed by atoms with Crippen LogP contribution in [0.15, 0.2) is 24.3 Å². The van der Waals surface area contributed by atoms with Crippen molar-refractivity contribution in [3.05, 3.63) is 35.6 Å². The highest BCUT2D eigenvalue weighted by Gasteiger charge is 2.30. The molecule has 1 heterocycles. The molecule has 6 heteroatoms. The Labute approximate surface area is 103 Å². The summed E-state index contributed by atoms with van der Waals surface area (Å²) in [5.74, 6) is -1.48. The van der Waals surface area contributed by atoms with E-state index in [0.717, 1.165) is 4.90 Å². The molecular weight excluding hydrogens is 239 g/mol. The number of amides is 4. The summed E-state index contributed by atoms with van der Waals surface area (Å²) in [6.45, 7) is 0.126. The van der Waals surface area contributed by atoms with Crippen LogP contribution in [0.25, 0.3) is 0 Å². The van der Waals surface area contributed by atoms with Crippen molar-refractivity contribution in [3.63, 3.8) is 0 Å². The molecule has 18 heavy (non-hydrogen) atoms. The van der Waals surface area contributed by atoms with E-state index in [4.69, 9.17) is 0 Å². The Hall–Kier alpha value is -2.24. The third-order valence-electron chi connectivity index (χ3n) is 2.62. The maximum atomic E-state index is 12.9. The van der Waals surface area contributed by atoms with Gasteiger partial charge in [0.1, 0.15) is 12.2 Å². The van der Waals surface area contributed by atoms with Crippen LogP contribution in [0.5, 0.6) is 0 Å². The second kappa shape index (κ2) is 4.95. The van der Waals surface area contributed by atoms with Crippen molar-refractivity contribution in [2.45, 2.75) is 12.8 Å².